The fraction of sp³-hybridized carbons (Fsp3) is 0.421. The molecule has 0 spiro atoms. The molecule has 0 aliphatic carbocycles. The van der Waals surface area contributed by atoms with Crippen molar-refractivity contribution >= 4 is 29.1 Å². The summed E-state index contributed by atoms with van der Waals surface area (Å²) in [6, 6.07) is 13.2. The van der Waals surface area contributed by atoms with Crippen molar-refractivity contribution in [2.24, 2.45) is 11.7 Å². The first-order valence-electron chi connectivity index (χ1n) is 8.43. The maximum absolute atomic E-state index is 12.2. The van der Waals surface area contributed by atoms with Gasteiger partial charge in [0.05, 0.1) is 12.1 Å². The summed E-state index contributed by atoms with van der Waals surface area (Å²) in [5.74, 6) is -0.0571. The molecule has 4 N–H and O–H groups in total. The van der Waals surface area contributed by atoms with Gasteiger partial charge < -0.3 is 20.9 Å². The fourth-order valence-corrected chi connectivity index (χ4v) is 3.14. The average Bonchev–Trinajstić information content (AvgIpc) is 2.65. The highest BCUT2D eigenvalue weighted by atomic mass is 35.5. The van der Waals surface area contributed by atoms with E-state index >= 15 is 0 Å². The van der Waals surface area contributed by atoms with E-state index in [9.17, 15) is 9.90 Å². The molecule has 0 radical (unpaired) electrons. The minimum absolute atomic E-state index is 0. The van der Waals surface area contributed by atoms with Gasteiger partial charge in [-0.2, -0.15) is 0 Å². The Balaban J connectivity index is 0.00000225. The van der Waals surface area contributed by atoms with Crippen LogP contribution in [0.1, 0.15) is 24.5 Å². The van der Waals surface area contributed by atoms with Gasteiger partial charge in [-0.15, -0.1) is 12.4 Å². The molecule has 136 valence electrons. The Hall–Kier alpha value is -1.66. The Kier molecular flexibility index (Phi) is 7.20. The quantitative estimate of drug-likeness (QED) is 0.759. The van der Waals surface area contributed by atoms with Crippen molar-refractivity contribution < 1.29 is 14.6 Å². The molecule has 1 fully saturated rings. The molecule has 0 aromatic heterocycles. The van der Waals surface area contributed by atoms with Crippen LogP contribution in [0.4, 0.5) is 0 Å². The van der Waals surface area contributed by atoms with Crippen molar-refractivity contribution in [1.29, 1.82) is 0 Å². The molecule has 1 amide bonds. The van der Waals surface area contributed by atoms with Crippen LogP contribution in [0.15, 0.2) is 42.5 Å². The van der Waals surface area contributed by atoms with Gasteiger partial charge in [0, 0.05) is 19.8 Å². The van der Waals surface area contributed by atoms with Gasteiger partial charge >= 0.3 is 0 Å². The van der Waals surface area contributed by atoms with Crippen LogP contribution in [0.3, 0.4) is 0 Å². The molecule has 1 saturated heterocycles. The maximum Gasteiger partial charge on any atom is 0.237 e. The Bertz CT molecular complexity index is 704. The molecule has 5 nitrogen and oxygen atoms in total. The van der Waals surface area contributed by atoms with Crippen LogP contribution < -0.4 is 11.1 Å². The van der Waals surface area contributed by atoms with Crippen LogP contribution in [-0.4, -0.2) is 36.8 Å². The second-order valence-electron chi connectivity index (χ2n) is 6.34. The molecular weight excluding hydrogens is 340 g/mol. The standard InChI is InChI=1S/C19H24N2O3.ClH/c20-18(14-7-9-24-10-8-14)19(23)21-12-17(22)16-6-5-13-3-1-2-4-15(13)11-16;/h1-6,11,14,17-18,22H,7-10,12,20H2,(H,21,23);1H. The minimum atomic E-state index is -0.750. The number of aliphatic hydroxyl groups excluding tert-OH is 1. The van der Waals surface area contributed by atoms with E-state index in [2.05, 4.69) is 5.32 Å². The van der Waals surface area contributed by atoms with Crippen LogP contribution in [-0.2, 0) is 9.53 Å². The van der Waals surface area contributed by atoms with Crippen LogP contribution in [0, 0.1) is 5.92 Å². The van der Waals surface area contributed by atoms with Crippen molar-refractivity contribution in [2.75, 3.05) is 19.8 Å². The van der Waals surface area contributed by atoms with E-state index < -0.39 is 12.1 Å². The predicted octanol–water partition coefficient (Wildman–Crippen LogP) is 2.17. The summed E-state index contributed by atoms with van der Waals surface area (Å²) in [6.45, 7) is 1.48. The Morgan fingerprint density at radius 3 is 2.60 bits per heavy atom. The number of nitrogens with one attached hydrogen (secondary N) is 1. The second-order valence-corrected chi connectivity index (χ2v) is 6.34. The summed E-state index contributed by atoms with van der Waals surface area (Å²) in [6.07, 6.45) is 0.865. The van der Waals surface area contributed by atoms with E-state index in [-0.39, 0.29) is 30.8 Å². The number of carbonyl (C=O) groups is 1. The van der Waals surface area contributed by atoms with E-state index in [4.69, 9.17) is 10.5 Å². The van der Waals surface area contributed by atoms with E-state index in [1.807, 2.05) is 42.5 Å². The molecule has 2 unspecified atom stereocenters. The van der Waals surface area contributed by atoms with E-state index in [1.165, 1.54) is 0 Å². The Labute approximate surface area is 154 Å². The number of hydrogen-bond acceptors (Lipinski definition) is 4. The number of benzene rings is 2. The van der Waals surface area contributed by atoms with E-state index in [0.29, 0.717) is 13.2 Å². The fourth-order valence-electron chi connectivity index (χ4n) is 3.14. The molecular formula is C19H25ClN2O3. The Morgan fingerprint density at radius 1 is 1.20 bits per heavy atom. The molecule has 2 aromatic rings. The first kappa shape index (κ1) is 19.7. The number of rotatable bonds is 5. The largest absolute Gasteiger partial charge is 0.387 e. The molecule has 1 heterocycles. The van der Waals surface area contributed by atoms with Gasteiger partial charge in [0.2, 0.25) is 5.91 Å². The molecule has 0 bridgehead atoms. The van der Waals surface area contributed by atoms with Gasteiger partial charge in [0.25, 0.3) is 0 Å². The van der Waals surface area contributed by atoms with Gasteiger partial charge in [-0.3, -0.25) is 4.79 Å². The van der Waals surface area contributed by atoms with Gasteiger partial charge in [0.15, 0.2) is 0 Å². The monoisotopic (exact) mass is 364 g/mol. The van der Waals surface area contributed by atoms with Gasteiger partial charge in [-0.1, -0.05) is 36.4 Å². The van der Waals surface area contributed by atoms with Crippen molar-refractivity contribution in [3.8, 4) is 0 Å². The number of amides is 1. The third kappa shape index (κ3) is 4.92. The number of ether oxygens (including phenoxy) is 1. The molecule has 1 aliphatic rings. The predicted molar refractivity (Wildman–Crippen MR) is 101 cm³/mol. The average molecular weight is 365 g/mol. The van der Waals surface area contributed by atoms with Crippen molar-refractivity contribution in [3.05, 3.63) is 48.0 Å². The smallest absolute Gasteiger partial charge is 0.237 e. The molecule has 1 aliphatic heterocycles. The molecule has 25 heavy (non-hydrogen) atoms. The molecule has 2 aromatic carbocycles. The highest BCUT2D eigenvalue weighted by Gasteiger charge is 2.26. The topological polar surface area (TPSA) is 84.6 Å². The van der Waals surface area contributed by atoms with Crippen molar-refractivity contribution in [2.45, 2.75) is 25.0 Å². The third-order valence-electron chi connectivity index (χ3n) is 4.70. The van der Waals surface area contributed by atoms with Gasteiger partial charge in [0.1, 0.15) is 0 Å². The number of hydrogen-bond donors (Lipinski definition) is 3. The summed E-state index contributed by atoms with van der Waals surface area (Å²) in [4.78, 5) is 12.2. The zero-order valence-electron chi connectivity index (χ0n) is 14.1. The number of halogens is 1. The van der Waals surface area contributed by atoms with Crippen LogP contribution in [0.25, 0.3) is 10.8 Å². The van der Waals surface area contributed by atoms with Crippen molar-refractivity contribution in [3.63, 3.8) is 0 Å². The lowest BCUT2D eigenvalue weighted by Gasteiger charge is -2.27. The maximum atomic E-state index is 12.2. The highest BCUT2D eigenvalue weighted by molar-refractivity contribution is 5.85. The second kappa shape index (κ2) is 9.15. The normalized spacial score (nSPS) is 17.5. The SMILES string of the molecule is Cl.NC(C(=O)NCC(O)c1ccc2ccccc2c1)C1CCOCC1. The van der Waals surface area contributed by atoms with E-state index in [0.717, 1.165) is 29.2 Å². The minimum Gasteiger partial charge on any atom is -0.387 e. The lowest BCUT2D eigenvalue weighted by atomic mass is 9.92. The number of fused-ring (bicyclic) bond motifs is 1. The molecule has 6 heteroatoms. The number of nitrogens with two attached hydrogens (primary N) is 1. The summed E-state index contributed by atoms with van der Waals surface area (Å²) in [5, 5.41) is 15.3. The summed E-state index contributed by atoms with van der Waals surface area (Å²) >= 11 is 0. The number of carbonyl (C=O) groups excluding carboxylic acids is 1. The third-order valence-corrected chi connectivity index (χ3v) is 4.70. The lowest BCUT2D eigenvalue weighted by Crippen LogP contribution is -2.47. The summed E-state index contributed by atoms with van der Waals surface area (Å²) < 4.78 is 5.29. The highest BCUT2D eigenvalue weighted by Crippen LogP contribution is 2.21. The molecule has 3 rings (SSSR count). The van der Waals surface area contributed by atoms with Crippen LogP contribution in [0.5, 0.6) is 0 Å². The Morgan fingerprint density at radius 2 is 1.88 bits per heavy atom. The van der Waals surface area contributed by atoms with Gasteiger partial charge in [-0.25, -0.2) is 0 Å². The zero-order valence-corrected chi connectivity index (χ0v) is 14.9. The van der Waals surface area contributed by atoms with E-state index in [1.54, 1.807) is 0 Å². The van der Waals surface area contributed by atoms with Gasteiger partial charge in [-0.05, 0) is 41.2 Å². The first-order valence-corrected chi connectivity index (χ1v) is 8.43. The molecule has 2 atom stereocenters. The zero-order chi connectivity index (χ0) is 16.9. The van der Waals surface area contributed by atoms with Crippen LogP contribution >= 0.6 is 12.4 Å². The summed E-state index contributed by atoms with van der Waals surface area (Å²) in [7, 11) is 0. The molecule has 0 saturated carbocycles. The number of aliphatic hydroxyl groups is 1. The first-order chi connectivity index (χ1) is 11.6. The van der Waals surface area contributed by atoms with Crippen LogP contribution in [0.2, 0.25) is 0 Å². The van der Waals surface area contributed by atoms with Crippen molar-refractivity contribution in [1.82, 2.24) is 5.32 Å². The lowest BCUT2D eigenvalue weighted by molar-refractivity contribution is -0.124. The summed E-state index contributed by atoms with van der Waals surface area (Å²) in [5.41, 5.74) is 6.83.